The van der Waals surface area contributed by atoms with Crippen LogP contribution in [0.3, 0.4) is 0 Å². The number of benzene rings is 1. The molecule has 2 aromatic rings. The van der Waals surface area contributed by atoms with E-state index in [4.69, 9.17) is 4.74 Å². The molecule has 0 saturated carbocycles. The summed E-state index contributed by atoms with van der Waals surface area (Å²) in [5.41, 5.74) is 1.73. The molecule has 6 nitrogen and oxygen atoms in total. The van der Waals surface area contributed by atoms with Crippen LogP contribution in [0.5, 0.6) is 0 Å². The van der Waals surface area contributed by atoms with Gasteiger partial charge in [0.15, 0.2) is 0 Å². The van der Waals surface area contributed by atoms with E-state index in [1.165, 1.54) is 25.9 Å². The van der Waals surface area contributed by atoms with E-state index < -0.39 is 0 Å². The Morgan fingerprint density at radius 3 is 2.73 bits per heavy atom. The van der Waals surface area contributed by atoms with Gasteiger partial charge in [0.05, 0.1) is 16.7 Å². The van der Waals surface area contributed by atoms with E-state index in [1.54, 1.807) is 6.20 Å². The molecule has 0 aliphatic carbocycles. The number of anilines is 1. The first kappa shape index (κ1) is 16.2. The van der Waals surface area contributed by atoms with E-state index in [2.05, 4.69) is 41.1 Å². The fraction of sp³-hybridized carbons (Fsp3) is 0.421. The van der Waals surface area contributed by atoms with Gasteiger partial charge < -0.3 is 4.74 Å². The first-order chi connectivity index (χ1) is 12.7. The monoisotopic (exact) mass is 413 g/mol. The quantitative estimate of drug-likeness (QED) is 0.818. The summed E-state index contributed by atoms with van der Waals surface area (Å²) >= 11 is 3.54. The van der Waals surface area contributed by atoms with Crippen LogP contribution in [-0.4, -0.2) is 52.7 Å². The molecule has 1 aromatic heterocycles. The standard InChI is InChI=1S/C19H20BrN5O/c20-15-10-21-17(23-16(15)13-4-2-1-3-5-13)24-18-22-11-19(26-18)12-25-8-6-14(19)7-9-25/h1-5,10,14H,6-9,11-12H2,(H,21,22,23,24)/t19-/m1/s1. The molecule has 1 spiro atoms. The molecule has 4 aliphatic heterocycles. The fourth-order valence-electron chi connectivity index (χ4n) is 4.27. The lowest BCUT2D eigenvalue weighted by atomic mass is 9.75. The average Bonchev–Trinajstić information content (AvgIpc) is 3.07. The van der Waals surface area contributed by atoms with Crippen LogP contribution in [0.4, 0.5) is 5.95 Å². The molecule has 0 radical (unpaired) electrons. The van der Waals surface area contributed by atoms with E-state index in [0.717, 1.165) is 28.8 Å². The lowest BCUT2D eigenvalue weighted by Gasteiger charge is -2.50. The molecule has 1 aromatic carbocycles. The van der Waals surface area contributed by atoms with Crippen LogP contribution in [0.25, 0.3) is 11.3 Å². The van der Waals surface area contributed by atoms with Gasteiger partial charge in [-0.25, -0.2) is 15.0 Å². The maximum atomic E-state index is 6.31. The molecule has 1 N–H and O–H groups in total. The predicted octanol–water partition coefficient (Wildman–Crippen LogP) is 3.17. The largest absolute Gasteiger partial charge is 0.455 e. The number of piperidine rings is 3. The highest BCUT2D eigenvalue weighted by molar-refractivity contribution is 9.10. The molecule has 6 rings (SSSR count). The summed E-state index contributed by atoms with van der Waals surface area (Å²) in [6.07, 6.45) is 4.17. The second-order valence-electron chi connectivity index (χ2n) is 7.22. The number of aromatic nitrogens is 2. The van der Waals surface area contributed by atoms with Crippen LogP contribution in [-0.2, 0) is 4.74 Å². The Hall–Kier alpha value is -1.99. The Morgan fingerprint density at radius 2 is 2.00 bits per heavy atom. The highest BCUT2D eigenvalue weighted by Gasteiger charge is 2.51. The third-order valence-corrected chi connectivity index (χ3v) is 6.20. The van der Waals surface area contributed by atoms with Crippen molar-refractivity contribution in [3.63, 3.8) is 0 Å². The molecular weight excluding hydrogens is 394 g/mol. The minimum atomic E-state index is -0.156. The zero-order valence-electron chi connectivity index (χ0n) is 14.4. The first-order valence-electron chi connectivity index (χ1n) is 9.03. The Kier molecular flexibility index (Phi) is 3.94. The Labute approximate surface area is 160 Å². The van der Waals surface area contributed by atoms with Gasteiger partial charge in [-0.15, -0.1) is 0 Å². The van der Waals surface area contributed by atoms with Crippen LogP contribution in [0.1, 0.15) is 12.8 Å². The van der Waals surface area contributed by atoms with Crippen LogP contribution < -0.4 is 5.32 Å². The van der Waals surface area contributed by atoms with Gasteiger partial charge in [0, 0.05) is 24.2 Å². The van der Waals surface area contributed by atoms with Crippen LogP contribution in [0, 0.1) is 5.92 Å². The van der Waals surface area contributed by atoms with Crippen molar-refractivity contribution in [3.05, 3.63) is 41.0 Å². The van der Waals surface area contributed by atoms with E-state index in [9.17, 15) is 0 Å². The van der Waals surface area contributed by atoms with Crippen molar-refractivity contribution < 1.29 is 4.74 Å². The molecule has 4 aliphatic rings. The summed E-state index contributed by atoms with van der Waals surface area (Å²) in [6.45, 7) is 4.07. The van der Waals surface area contributed by atoms with Crippen molar-refractivity contribution in [1.82, 2.24) is 14.9 Å². The SMILES string of the molecule is Brc1cnc(NC2=NC[C@]3(CN4CCC3CC4)O2)nc1-c1ccccc1. The lowest BCUT2D eigenvalue weighted by Crippen LogP contribution is -2.61. The Morgan fingerprint density at radius 1 is 1.19 bits per heavy atom. The van der Waals surface area contributed by atoms with E-state index >= 15 is 0 Å². The van der Waals surface area contributed by atoms with E-state index in [0.29, 0.717) is 17.9 Å². The highest BCUT2D eigenvalue weighted by Crippen LogP contribution is 2.40. The third-order valence-electron chi connectivity index (χ3n) is 5.62. The maximum Gasteiger partial charge on any atom is 0.292 e. The predicted molar refractivity (Wildman–Crippen MR) is 104 cm³/mol. The van der Waals surface area contributed by atoms with Gasteiger partial charge in [0.25, 0.3) is 6.02 Å². The molecule has 26 heavy (non-hydrogen) atoms. The van der Waals surface area contributed by atoms with Crippen molar-refractivity contribution in [3.8, 4) is 11.3 Å². The molecule has 0 amide bonds. The highest BCUT2D eigenvalue weighted by atomic mass is 79.9. The van der Waals surface area contributed by atoms with Crippen LogP contribution >= 0.6 is 15.9 Å². The number of amidine groups is 1. The Bertz CT molecular complexity index is 850. The van der Waals surface area contributed by atoms with Gasteiger partial charge in [0.1, 0.15) is 5.60 Å². The molecular formula is C19H20BrN5O. The summed E-state index contributed by atoms with van der Waals surface area (Å²) < 4.78 is 7.17. The fourth-order valence-corrected chi connectivity index (χ4v) is 4.69. The second kappa shape index (κ2) is 6.32. The van der Waals surface area contributed by atoms with Gasteiger partial charge in [-0.3, -0.25) is 10.2 Å². The summed E-state index contributed by atoms with van der Waals surface area (Å²) in [6, 6.07) is 10.6. The summed E-state index contributed by atoms with van der Waals surface area (Å²) in [5.74, 6) is 1.10. The summed E-state index contributed by atoms with van der Waals surface area (Å²) in [7, 11) is 0. The number of hydrogen-bond donors (Lipinski definition) is 1. The third kappa shape index (κ3) is 2.79. The summed E-state index contributed by atoms with van der Waals surface area (Å²) in [5, 5.41) is 3.18. The minimum absolute atomic E-state index is 0.156. The average molecular weight is 414 g/mol. The number of fused-ring (bicyclic) bond motifs is 2. The van der Waals surface area contributed by atoms with Gasteiger partial charge >= 0.3 is 0 Å². The maximum absolute atomic E-state index is 6.31. The van der Waals surface area contributed by atoms with E-state index in [-0.39, 0.29) is 5.60 Å². The molecule has 5 heterocycles. The number of nitrogens with one attached hydrogen (secondary N) is 1. The second-order valence-corrected chi connectivity index (χ2v) is 8.07. The summed E-state index contributed by atoms with van der Waals surface area (Å²) in [4.78, 5) is 16.1. The smallest absolute Gasteiger partial charge is 0.292 e. The van der Waals surface area contributed by atoms with Gasteiger partial charge in [0.2, 0.25) is 5.95 Å². The number of aliphatic imine (C=N–C) groups is 1. The molecule has 3 fully saturated rings. The normalized spacial score (nSPS) is 29.5. The van der Waals surface area contributed by atoms with Crippen LogP contribution in [0.2, 0.25) is 0 Å². The molecule has 7 heteroatoms. The lowest BCUT2D eigenvalue weighted by molar-refractivity contribution is -0.0829. The number of nitrogens with zero attached hydrogens (tertiary/aromatic N) is 4. The number of ether oxygens (including phenoxy) is 1. The zero-order chi connectivity index (χ0) is 17.6. The number of halogens is 1. The molecule has 2 bridgehead atoms. The van der Waals surface area contributed by atoms with E-state index in [1.807, 2.05) is 30.3 Å². The molecule has 134 valence electrons. The van der Waals surface area contributed by atoms with Crippen molar-refractivity contribution in [1.29, 1.82) is 0 Å². The number of rotatable bonds is 2. The zero-order valence-corrected chi connectivity index (χ0v) is 15.9. The van der Waals surface area contributed by atoms with Gasteiger partial charge in [-0.2, -0.15) is 0 Å². The van der Waals surface area contributed by atoms with Crippen molar-refractivity contribution >= 4 is 27.9 Å². The Balaban J connectivity index is 1.35. The molecule has 3 saturated heterocycles. The van der Waals surface area contributed by atoms with Crippen molar-refractivity contribution in [2.24, 2.45) is 10.9 Å². The van der Waals surface area contributed by atoms with Gasteiger partial charge in [-0.1, -0.05) is 30.3 Å². The minimum Gasteiger partial charge on any atom is -0.455 e. The molecule has 1 atom stereocenters. The topological polar surface area (TPSA) is 62.6 Å². The van der Waals surface area contributed by atoms with Crippen molar-refractivity contribution in [2.75, 3.05) is 31.5 Å². The van der Waals surface area contributed by atoms with Crippen molar-refractivity contribution in [2.45, 2.75) is 18.4 Å². The first-order valence-corrected chi connectivity index (χ1v) is 9.82. The van der Waals surface area contributed by atoms with Crippen LogP contribution in [0.15, 0.2) is 46.0 Å². The number of hydrogen-bond acceptors (Lipinski definition) is 6. The molecule has 0 unspecified atom stereocenters. The van der Waals surface area contributed by atoms with Gasteiger partial charge in [-0.05, 0) is 41.9 Å².